The van der Waals surface area contributed by atoms with Gasteiger partial charge in [-0.05, 0) is 31.4 Å². The van der Waals surface area contributed by atoms with Gasteiger partial charge in [-0.3, -0.25) is 9.88 Å². The topological polar surface area (TPSA) is 60.9 Å². The van der Waals surface area contributed by atoms with Crippen molar-refractivity contribution in [2.45, 2.75) is 56.9 Å². The molecule has 1 aliphatic carbocycles. The van der Waals surface area contributed by atoms with Crippen LogP contribution in [0.4, 0.5) is 35.1 Å². The van der Waals surface area contributed by atoms with Crippen LogP contribution in [-0.4, -0.2) is 60.7 Å². The summed E-state index contributed by atoms with van der Waals surface area (Å²) in [5, 5.41) is 0. The Kier molecular flexibility index (Phi) is 9.16. The molecule has 0 aromatic carbocycles. The van der Waals surface area contributed by atoms with E-state index in [1.165, 1.54) is 4.90 Å². The lowest BCUT2D eigenvalue weighted by Gasteiger charge is -2.32. The quantitative estimate of drug-likeness (QED) is 0.285. The second-order valence-electron chi connectivity index (χ2n) is 6.97. The molecule has 0 aliphatic heterocycles. The van der Waals surface area contributed by atoms with E-state index in [1.54, 1.807) is 0 Å². The fraction of sp³-hybridized carbons (Fsp3) is 0.667. The fourth-order valence-electron chi connectivity index (χ4n) is 3.22. The number of esters is 1. The van der Waals surface area contributed by atoms with Crippen LogP contribution in [0.2, 0.25) is 0 Å². The lowest BCUT2D eigenvalue weighted by Crippen LogP contribution is -2.43. The van der Waals surface area contributed by atoms with Crippen LogP contribution < -0.4 is 0 Å². The highest BCUT2D eigenvalue weighted by Gasteiger charge is 2.36. The van der Waals surface area contributed by atoms with Crippen LogP contribution in [0.15, 0.2) is 18.3 Å². The summed E-state index contributed by atoms with van der Waals surface area (Å²) in [6.07, 6.45) is -8.39. The SMILES string of the molecule is O=C(COCN(Cc1ccc(C(F)(F)F)cn1)[C@@H]1CCC[C@H]1OC(F)F)OCC(F)(F)F. The Morgan fingerprint density at radius 3 is 2.44 bits per heavy atom. The molecular formula is C18H20F8N2O4. The van der Waals surface area contributed by atoms with Gasteiger partial charge in [0, 0.05) is 18.8 Å². The van der Waals surface area contributed by atoms with Crippen LogP contribution in [0.1, 0.15) is 30.5 Å². The molecule has 6 nitrogen and oxygen atoms in total. The Labute approximate surface area is 177 Å². The second kappa shape index (κ2) is 11.2. The third kappa shape index (κ3) is 8.82. The minimum Gasteiger partial charge on any atom is -0.454 e. The van der Waals surface area contributed by atoms with Crippen molar-refractivity contribution >= 4 is 5.97 Å². The maximum atomic E-state index is 12.7. The van der Waals surface area contributed by atoms with Crippen molar-refractivity contribution in [1.29, 1.82) is 0 Å². The van der Waals surface area contributed by atoms with Crippen LogP contribution in [-0.2, 0) is 31.7 Å². The van der Waals surface area contributed by atoms with Gasteiger partial charge in [0.15, 0.2) is 6.61 Å². The highest BCUT2D eigenvalue weighted by molar-refractivity contribution is 5.70. The van der Waals surface area contributed by atoms with Crippen molar-refractivity contribution in [2.75, 3.05) is 19.9 Å². The number of nitrogens with zero attached hydrogens (tertiary/aromatic N) is 2. The molecule has 182 valence electrons. The molecule has 2 rings (SSSR count). The highest BCUT2D eigenvalue weighted by Crippen LogP contribution is 2.31. The zero-order valence-electron chi connectivity index (χ0n) is 16.5. The van der Waals surface area contributed by atoms with Gasteiger partial charge in [-0.25, -0.2) is 4.79 Å². The van der Waals surface area contributed by atoms with Crippen molar-refractivity contribution in [2.24, 2.45) is 0 Å². The van der Waals surface area contributed by atoms with Crippen LogP contribution in [0.5, 0.6) is 0 Å². The third-order valence-corrected chi connectivity index (χ3v) is 4.56. The smallest absolute Gasteiger partial charge is 0.422 e. The molecule has 1 aliphatic rings. The van der Waals surface area contributed by atoms with E-state index in [0.29, 0.717) is 25.5 Å². The van der Waals surface area contributed by atoms with Gasteiger partial charge in [0.2, 0.25) is 0 Å². The first-order valence-corrected chi connectivity index (χ1v) is 9.35. The predicted octanol–water partition coefficient (Wildman–Crippen LogP) is 4.14. The molecule has 1 heterocycles. The van der Waals surface area contributed by atoms with Crippen LogP contribution in [0.25, 0.3) is 0 Å². The Morgan fingerprint density at radius 2 is 1.88 bits per heavy atom. The molecule has 32 heavy (non-hydrogen) atoms. The molecule has 0 unspecified atom stereocenters. The van der Waals surface area contributed by atoms with E-state index in [9.17, 15) is 39.9 Å². The zero-order valence-corrected chi connectivity index (χ0v) is 16.5. The minimum absolute atomic E-state index is 0.135. The summed E-state index contributed by atoms with van der Waals surface area (Å²) < 4.78 is 113. The molecular weight excluding hydrogens is 460 g/mol. The number of pyridine rings is 1. The molecule has 0 saturated heterocycles. The molecule has 1 aromatic rings. The summed E-state index contributed by atoms with van der Waals surface area (Å²) >= 11 is 0. The van der Waals surface area contributed by atoms with E-state index < -0.39 is 62.6 Å². The Balaban J connectivity index is 2.03. The largest absolute Gasteiger partial charge is 0.454 e. The van der Waals surface area contributed by atoms with Crippen molar-refractivity contribution in [3.63, 3.8) is 0 Å². The van der Waals surface area contributed by atoms with Gasteiger partial charge in [0.25, 0.3) is 0 Å². The number of aromatic nitrogens is 1. The summed E-state index contributed by atoms with van der Waals surface area (Å²) in [5.74, 6) is -1.29. The Bertz CT molecular complexity index is 727. The van der Waals surface area contributed by atoms with Crippen molar-refractivity contribution in [1.82, 2.24) is 9.88 Å². The highest BCUT2D eigenvalue weighted by atomic mass is 19.4. The first-order valence-electron chi connectivity index (χ1n) is 9.35. The van der Waals surface area contributed by atoms with Crippen LogP contribution in [0.3, 0.4) is 0 Å². The summed E-state index contributed by atoms with van der Waals surface area (Å²) in [7, 11) is 0. The lowest BCUT2D eigenvalue weighted by atomic mass is 10.1. The fourth-order valence-corrected chi connectivity index (χ4v) is 3.22. The van der Waals surface area contributed by atoms with Crippen molar-refractivity contribution in [3.05, 3.63) is 29.6 Å². The number of carbonyl (C=O) groups is 1. The standard InChI is InChI=1S/C18H20F8N2O4/c19-16(20)32-14-3-1-2-13(14)28(10-30-8-15(29)31-9-17(21,22)23)7-12-5-4-11(6-27-12)18(24,25)26/h4-6,13-14,16H,1-3,7-10H2/t13-,14-/m1/s1. The molecule has 0 N–H and O–H groups in total. The van der Waals surface area contributed by atoms with E-state index in [1.807, 2.05) is 0 Å². The molecule has 0 spiro atoms. The van der Waals surface area contributed by atoms with Gasteiger partial charge in [-0.15, -0.1) is 0 Å². The number of rotatable bonds is 10. The summed E-state index contributed by atoms with van der Waals surface area (Å²) in [6, 6.07) is 1.27. The maximum Gasteiger partial charge on any atom is 0.422 e. The monoisotopic (exact) mass is 480 g/mol. The average molecular weight is 480 g/mol. The minimum atomic E-state index is -4.71. The first kappa shape index (κ1) is 26.2. The molecule has 0 radical (unpaired) electrons. The molecule has 1 saturated carbocycles. The molecule has 14 heteroatoms. The van der Waals surface area contributed by atoms with Crippen LogP contribution in [0, 0.1) is 0 Å². The number of hydrogen-bond acceptors (Lipinski definition) is 6. The van der Waals surface area contributed by atoms with Gasteiger partial charge in [0.05, 0.1) is 17.4 Å². The molecule has 1 aromatic heterocycles. The van der Waals surface area contributed by atoms with Gasteiger partial charge < -0.3 is 14.2 Å². The molecule has 0 amide bonds. The van der Waals surface area contributed by atoms with Gasteiger partial charge in [0.1, 0.15) is 13.3 Å². The van der Waals surface area contributed by atoms with Crippen LogP contribution >= 0.6 is 0 Å². The maximum absolute atomic E-state index is 12.7. The summed E-state index contributed by atoms with van der Waals surface area (Å²) in [6.45, 7) is -6.23. The van der Waals surface area contributed by atoms with Gasteiger partial charge in [-0.1, -0.05) is 0 Å². The predicted molar refractivity (Wildman–Crippen MR) is 91.1 cm³/mol. The van der Waals surface area contributed by atoms with Crippen molar-refractivity contribution in [3.8, 4) is 0 Å². The normalized spacial score (nSPS) is 19.7. The summed E-state index contributed by atoms with van der Waals surface area (Å²) in [5.41, 5.74) is -0.819. The lowest BCUT2D eigenvalue weighted by molar-refractivity contribution is -0.192. The van der Waals surface area contributed by atoms with Gasteiger partial charge >= 0.3 is 24.9 Å². The number of hydrogen-bond donors (Lipinski definition) is 0. The second-order valence-corrected chi connectivity index (χ2v) is 6.97. The molecule has 2 atom stereocenters. The molecule has 1 fully saturated rings. The average Bonchev–Trinajstić information content (AvgIpc) is 3.12. The van der Waals surface area contributed by atoms with E-state index in [2.05, 4.69) is 14.5 Å². The van der Waals surface area contributed by atoms with E-state index >= 15 is 0 Å². The Morgan fingerprint density at radius 1 is 1.16 bits per heavy atom. The summed E-state index contributed by atoms with van der Waals surface area (Å²) in [4.78, 5) is 16.5. The number of carbonyl (C=O) groups excluding carboxylic acids is 1. The first-order chi connectivity index (χ1) is 14.8. The van der Waals surface area contributed by atoms with E-state index in [-0.39, 0.29) is 12.2 Å². The zero-order chi connectivity index (χ0) is 23.9. The van der Waals surface area contributed by atoms with Gasteiger partial charge in [-0.2, -0.15) is 35.1 Å². The van der Waals surface area contributed by atoms with E-state index in [4.69, 9.17) is 4.74 Å². The van der Waals surface area contributed by atoms with E-state index in [0.717, 1.165) is 12.1 Å². The third-order valence-electron chi connectivity index (χ3n) is 4.56. The molecule has 0 bridgehead atoms. The number of ether oxygens (including phenoxy) is 3. The number of alkyl halides is 8. The Hall–Kier alpha value is -2.06. The number of halogens is 8. The van der Waals surface area contributed by atoms with Crippen molar-refractivity contribution < 1.29 is 54.1 Å².